The summed E-state index contributed by atoms with van der Waals surface area (Å²) < 4.78 is 23.7. The highest BCUT2D eigenvalue weighted by Crippen LogP contribution is 2.32. The summed E-state index contributed by atoms with van der Waals surface area (Å²) >= 11 is 0. The molecule has 2 rings (SSSR count). The minimum atomic E-state index is -0.964. The van der Waals surface area contributed by atoms with Crippen molar-refractivity contribution in [2.24, 2.45) is 0 Å². The fourth-order valence-electron chi connectivity index (χ4n) is 1.80. The van der Waals surface area contributed by atoms with Gasteiger partial charge in [0.25, 0.3) is 0 Å². The van der Waals surface area contributed by atoms with E-state index in [0.29, 0.717) is 5.76 Å². The van der Waals surface area contributed by atoms with Crippen LogP contribution in [0, 0.1) is 15.9 Å². The molecule has 0 bridgehead atoms. The molecule has 0 aliphatic carbocycles. The smallest absolute Gasteiger partial charge is 0.327 e. The maximum Gasteiger partial charge on any atom is 0.327 e. The van der Waals surface area contributed by atoms with Gasteiger partial charge in [-0.1, -0.05) is 12.1 Å². The number of aromatic nitrogens is 1. The first-order chi connectivity index (χ1) is 10.0. The number of nitro groups is 1. The number of hydrogen-bond acceptors (Lipinski definition) is 6. The number of nitrogens with one attached hydrogen (secondary N) is 1. The molecule has 0 unspecified atom stereocenters. The van der Waals surface area contributed by atoms with Gasteiger partial charge in [0.15, 0.2) is 5.76 Å². The third-order valence-corrected chi connectivity index (χ3v) is 2.88. The fraction of sp³-hybridized carbons (Fsp3) is 0.308. The second-order valence-corrected chi connectivity index (χ2v) is 4.25. The predicted molar refractivity (Wildman–Crippen MR) is 72.8 cm³/mol. The highest BCUT2D eigenvalue weighted by molar-refractivity contribution is 5.65. The van der Waals surface area contributed by atoms with Gasteiger partial charge in [-0.25, -0.2) is 0 Å². The zero-order valence-corrected chi connectivity index (χ0v) is 11.6. The molecule has 0 aliphatic heterocycles. The molecule has 21 heavy (non-hydrogen) atoms. The molecule has 1 N–H and O–H groups in total. The highest BCUT2D eigenvalue weighted by atomic mass is 19.1. The molecule has 0 aliphatic rings. The number of halogens is 1. The van der Waals surface area contributed by atoms with Crippen LogP contribution in [0.15, 0.2) is 22.7 Å². The average molecular weight is 295 g/mol. The van der Waals surface area contributed by atoms with Crippen molar-refractivity contribution in [2.75, 3.05) is 12.4 Å². The summed E-state index contributed by atoms with van der Waals surface area (Å²) in [7, 11) is 1.36. The van der Waals surface area contributed by atoms with E-state index in [9.17, 15) is 14.5 Å². The Morgan fingerprint density at radius 2 is 2.24 bits per heavy atom. The third-order valence-electron chi connectivity index (χ3n) is 2.88. The van der Waals surface area contributed by atoms with Gasteiger partial charge in [0.05, 0.1) is 24.3 Å². The van der Waals surface area contributed by atoms with E-state index in [1.165, 1.54) is 13.2 Å². The summed E-state index contributed by atoms with van der Waals surface area (Å²) in [5, 5.41) is 17.5. The monoisotopic (exact) mass is 295 g/mol. The summed E-state index contributed by atoms with van der Waals surface area (Å²) in [5.41, 5.74) is 0.162. The number of nitro benzene ring substituents is 1. The summed E-state index contributed by atoms with van der Waals surface area (Å²) in [6.07, 6.45) is 0.720. The highest BCUT2D eigenvalue weighted by Gasteiger charge is 2.22. The van der Waals surface area contributed by atoms with Crippen LogP contribution >= 0.6 is 0 Å². The molecule has 0 radical (unpaired) electrons. The number of aryl methyl sites for hydroxylation is 1. The molecule has 0 spiro atoms. The van der Waals surface area contributed by atoms with E-state index in [1.54, 1.807) is 6.07 Å². The second-order valence-electron chi connectivity index (χ2n) is 4.25. The van der Waals surface area contributed by atoms with Gasteiger partial charge in [-0.15, -0.1) is 0 Å². The second kappa shape index (κ2) is 6.21. The molecular weight excluding hydrogens is 281 g/mol. The first-order valence-electron chi connectivity index (χ1n) is 6.25. The summed E-state index contributed by atoms with van der Waals surface area (Å²) in [4.78, 5) is 10.2. The molecule has 0 fully saturated rings. The lowest BCUT2D eigenvalue weighted by molar-refractivity contribution is -0.386. The average Bonchev–Trinajstić information content (AvgIpc) is 2.91. The van der Waals surface area contributed by atoms with E-state index in [1.807, 2.05) is 6.92 Å². The molecule has 0 amide bonds. The van der Waals surface area contributed by atoms with Crippen molar-refractivity contribution in [3.8, 4) is 5.75 Å². The summed E-state index contributed by atoms with van der Waals surface area (Å²) in [6.45, 7) is 2.08. The van der Waals surface area contributed by atoms with Crippen LogP contribution in [-0.2, 0) is 13.0 Å². The molecule has 8 heteroatoms. The lowest BCUT2D eigenvalue weighted by atomic mass is 10.2. The van der Waals surface area contributed by atoms with Crippen molar-refractivity contribution >= 4 is 11.4 Å². The van der Waals surface area contributed by atoms with E-state index in [4.69, 9.17) is 9.26 Å². The number of hydrogen-bond donors (Lipinski definition) is 1. The van der Waals surface area contributed by atoms with E-state index < -0.39 is 16.4 Å². The Balaban J connectivity index is 2.25. The zero-order chi connectivity index (χ0) is 15.4. The van der Waals surface area contributed by atoms with Crippen molar-refractivity contribution in [3.05, 3.63) is 45.6 Å². The molecule has 1 heterocycles. The number of methoxy groups -OCH3 is 1. The molecule has 2 aromatic rings. The molecule has 1 aromatic carbocycles. The van der Waals surface area contributed by atoms with Gasteiger partial charge in [-0.3, -0.25) is 10.1 Å². The maximum absolute atomic E-state index is 13.7. The van der Waals surface area contributed by atoms with E-state index >= 15 is 0 Å². The van der Waals surface area contributed by atoms with Gasteiger partial charge in [0, 0.05) is 18.2 Å². The van der Waals surface area contributed by atoms with Crippen LogP contribution in [0.1, 0.15) is 18.4 Å². The van der Waals surface area contributed by atoms with E-state index in [0.717, 1.165) is 18.2 Å². The van der Waals surface area contributed by atoms with Crippen molar-refractivity contribution in [2.45, 2.75) is 19.9 Å². The van der Waals surface area contributed by atoms with Crippen LogP contribution < -0.4 is 10.1 Å². The van der Waals surface area contributed by atoms with Crippen LogP contribution in [0.3, 0.4) is 0 Å². The maximum atomic E-state index is 13.7. The first kappa shape index (κ1) is 14.8. The van der Waals surface area contributed by atoms with Crippen LogP contribution in [0.5, 0.6) is 5.75 Å². The minimum absolute atomic E-state index is 0.0197. The number of benzene rings is 1. The van der Waals surface area contributed by atoms with Crippen molar-refractivity contribution in [1.29, 1.82) is 0 Å². The number of nitrogens with zero attached hydrogens (tertiary/aromatic N) is 2. The number of rotatable bonds is 6. The predicted octanol–water partition coefficient (Wildman–Crippen LogP) is 2.91. The Bertz CT molecular complexity index is 657. The fourth-order valence-corrected chi connectivity index (χ4v) is 1.80. The lowest BCUT2D eigenvalue weighted by Crippen LogP contribution is -2.04. The van der Waals surface area contributed by atoms with Crippen LogP contribution in [-0.4, -0.2) is 17.2 Å². The molecule has 0 saturated carbocycles. The van der Waals surface area contributed by atoms with Gasteiger partial charge < -0.3 is 14.6 Å². The molecule has 7 nitrogen and oxygen atoms in total. The Morgan fingerprint density at radius 1 is 1.48 bits per heavy atom. The molecule has 0 atom stereocenters. The summed E-state index contributed by atoms with van der Waals surface area (Å²) in [5.74, 6) is -0.273. The largest absolute Gasteiger partial charge is 0.497 e. The van der Waals surface area contributed by atoms with Crippen molar-refractivity contribution < 1.29 is 18.6 Å². The normalized spacial score (nSPS) is 10.4. The zero-order valence-electron chi connectivity index (χ0n) is 11.6. The minimum Gasteiger partial charge on any atom is -0.497 e. The van der Waals surface area contributed by atoms with Crippen LogP contribution in [0.25, 0.3) is 0 Å². The summed E-state index contributed by atoms with van der Waals surface area (Å²) in [6, 6.07) is 4.06. The van der Waals surface area contributed by atoms with Crippen LogP contribution in [0.4, 0.5) is 15.8 Å². The van der Waals surface area contributed by atoms with E-state index in [2.05, 4.69) is 10.5 Å². The van der Waals surface area contributed by atoms with Gasteiger partial charge in [0.1, 0.15) is 11.4 Å². The Kier molecular flexibility index (Phi) is 4.36. The SMILES string of the molecule is CCc1cc(CNc2cc(OC)cc(F)c2[N+](=O)[O-])on1. The Labute approximate surface area is 119 Å². The molecule has 1 aromatic heterocycles. The topological polar surface area (TPSA) is 90.4 Å². The quantitative estimate of drug-likeness (QED) is 0.651. The molecule has 0 saturated heterocycles. The lowest BCUT2D eigenvalue weighted by Gasteiger charge is -2.08. The Morgan fingerprint density at radius 3 is 2.81 bits per heavy atom. The Hall–Kier alpha value is -2.64. The standard InChI is InChI=1S/C13H14FN3O4/c1-3-8-4-10(21-16-8)7-15-12-6-9(20-2)5-11(14)13(12)17(18)19/h4-6,15H,3,7H2,1-2H3. The number of ether oxygens (including phenoxy) is 1. The van der Waals surface area contributed by atoms with Crippen LogP contribution in [0.2, 0.25) is 0 Å². The van der Waals surface area contributed by atoms with Gasteiger partial charge >= 0.3 is 5.69 Å². The van der Waals surface area contributed by atoms with Gasteiger partial charge in [-0.2, -0.15) is 4.39 Å². The van der Waals surface area contributed by atoms with Crippen molar-refractivity contribution in [3.63, 3.8) is 0 Å². The molecule has 112 valence electrons. The van der Waals surface area contributed by atoms with Crippen molar-refractivity contribution in [1.82, 2.24) is 5.16 Å². The first-order valence-corrected chi connectivity index (χ1v) is 6.25. The number of anilines is 1. The third kappa shape index (κ3) is 3.28. The van der Waals surface area contributed by atoms with Gasteiger partial charge in [-0.05, 0) is 6.42 Å². The molecular formula is C13H14FN3O4. The van der Waals surface area contributed by atoms with Gasteiger partial charge in [0.2, 0.25) is 5.82 Å². The van der Waals surface area contributed by atoms with E-state index in [-0.39, 0.29) is 18.0 Å².